The Hall–Kier alpha value is -0.610. The van der Waals surface area contributed by atoms with E-state index in [1.165, 1.54) is 0 Å². The second kappa shape index (κ2) is 4.49. The number of carbonyl (C=O) groups is 1. The maximum atomic E-state index is 12.1. The van der Waals surface area contributed by atoms with Gasteiger partial charge in [-0.25, -0.2) is 0 Å². The lowest BCUT2D eigenvalue weighted by atomic mass is 9.94. The first-order chi connectivity index (χ1) is 6.90. The number of aliphatic hydroxyl groups excluding tert-OH is 1. The zero-order valence-corrected chi connectivity index (χ0v) is 10.1. The summed E-state index contributed by atoms with van der Waals surface area (Å²) in [6, 6.07) is -0.0128. The van der Waals surface area contributed by atoms with Gasteiger partial charge in [0, 0.05) is 19.2 Å². The Morgan fingerprint density at radius 1 is 1.60 bits per heavy atom. The Bertz CT molecular complexity index is 239. The molecule has 1 heterocycles. The van der Waals surface area contributed by atoms with Crippen molar-refractivity contribution in [3.05, 3.63) is 0 Å². The fourth-order valence-electron chi connectivity index (χ4n) is 2.32. The summed E-state index contributed by atoms with van der Waals surface area (Å²) in [6.07, 6.45) is 0.498. The summed E-state index contributed by atoms with van der Waals surface area (Å²) in [5.41, 5.74) is -0.142. The van der Waals surface area contributed by atoms with Crippen LogP contribution in [0.15, 0.2) is 0 Å². The molecule has 88 valence electrons. The second-order valence-corrected chi connectivity index (χ2v) is 5.06. The quantitative estimate of drug-likeness (QED) is 0.713. The van der Waals surface area contributed by atoms with Crippen LogP contribution in [-0.2, 0) is 4.79 Å². The van der Waals surface area contributed by atoms with Gasteiger partial charge in [-0.15, -0.1) is 0 Å². The van der Waals surface area contributed by atoms with Gasteiger partial charge < -0.3 is 15.3 Å². The van der Waals surface area contributed by atoms with Crippen LogP contribution in [0, 0.1) is 0 Å². The van der Waals surface area contributed by atoms with Gasteiger partial charge in [-0.2, -0.15) is 0 Å². The number of carbonyl (C=O) groups excluding carboxylic acids is 1. The molecule has 0 aliphatic carbocycles. The van der Waals surface area contributed by atoms with Gasteiger partial charge >= 0.3 is 0 Å². The lowest BCUT2D eigenvalue weighted by Gasteiger charge is -2.48. The number of piperazine rings is 1. The fraction of sp³-hybridized carbons (Fsp3) is 0.909. The zero-order valence-electron chi connectivity index (χ0n) is 10.1. The van der Waals surface area contributed by atoms with Gasteiger partial charge in [-0.05, 0) is 34.1 Å². The van der Waals surface area contributed by atoms with Gasteiger partial charge in [-0.3, -0.25) is 4.79 Å². The zero-order chi connectivity index (χ0) is 11.6. The van der Waals surface area contributed by atoms with Crippen molar-refractivity contribution in [2.24, 2.45) is 0 Å². The molecule has 0 radical (unpaired) electrons. The van der Waals surface area contributed by atoms with Crippen LogP contribution < -0.4 is 5.32 Å². The Balaban J connectivity index is 2.82. The molecule has 0 aromatic heterocycles. The monoisotopic (exact) mass is 214 g/mol. The predicted molar refractivity (Wildman–Crippen MR) is 59.6 cm³/mol. The molecular weight excluding hydrogens is 192 g/mol. The predicted octanol–water partition coefficient (Wildman–Crippen LogP) is 0.356. The molecule has 1 fully saturated rings. The standard InChI is InChI=1S/C11H22N2O2/c1-8(2)13-10(15)9(5-6-14)12-7-11(13,3)4/h8-9,12,14H,5-7H2,1-4H3. The number of amides is 1. The van der Waals surface area contributed by atoms with Crippen LogP contribution in [0.25, 0.3) is 0 Å². The van der Waals surface area contributed by atoms with Gasteiger partial charge in [-0.1, -0.05) is 0 Å². The molecule has 1 rings (SSSR count). The molecule has 0 bridgehead atoms. The average Bonchev–Trinajstić information content (AvgIpc) is 2.09. The van der Waals surface area contributed by atoms with Crippen molar-refractivity contribution in [3.63, 3.8) is 0 Å². The summed E-state index contributed by atoms with van der Waals surface area (Å²) in [5.74, 6) is 0.107. The van der Waals surface area contributed by atoms with Crippen LogP contribution in [0.4, 0.5) is 0 Å². The van der Waals surface area contributed by atoms with Crippen LogP contribution in [0.1, 0.15) is 34.1 Å². The van der Waals surface area contributed by atoms with E-state index < -0.39 is 0 Å². The van der Waals surface area contributed by atoms with E-state index in [4.69, 9.17) is 5.11 Å². The van der Waals surface area contributed by atoms with Crippen molar-refractivity contribution in [2.75, 3.05) is 13.2 Å². The van der Waals surface area contributed by atoms with Gasteiger partial charge in [0.05, 0.1) is 11.6 Å². The summed E-state index contributed by atoms with van der Waals surface area (Å²) in [5, 5.41) is 12.1. The molecule has 0 aromatic rings. The van der Waals surface area contributed by atoms with Crippen LogP contribution in [0.3, 0.4) is 0 Å². The van der Waals surface area contributed by atoms with Gasteiger partial charge in [0.25, 0.3) is 0 Å². The molecule has 0 aromatic carbocycles. The third-order valence-corrected chi connectivity index (χ3v) is 2.90. The lowest BCUT2D eigenvalue weighted by Crippen LogP contribution is -2.66. The van der Waals surface area contributed by atoms with E-state index in [1.54, 1.807) is 0 Å². The normalized spacial score (nSPS) is 26.1. The highest BCUT2D eigenvalue weighted by Gasteiger charge is 2.40. The number of nitrogens with one attached hydrogen (secondary N) is 1. The number of hydrogen-bond acceptors (Lipinski definition) is 3. The highest BCUT2D eigenvalue weighted by Crippen LogP contribution is 2.23. The molecule has 1 aliphatic heterocycles. The van der Waals surface area contributed by atoms with Gasteiger partial charge in [0.1, 0.15) is 0 Å². The largest absolute Gasteiger partial charge is 0.396 e. The van der Waals surface area contributed by atoms with E-state index in [1.807, 2.05) is 18.7 Å². The van der Waals surface area contributed by atoms with Crippen molar-refractivity contribution < 1.29 is 9.90 Å². The first-order valence-electron chi connectivity index (χ1n) is 5.57. The summed E-state index contributed by atoms with van der Waals surface area (Å²) >= 11 is 0. The topological polar surface area (TPSA) is 52.6 Å². The van der Waals surface area contributed by atoms with Crippen molar-refractivity contribution in [1.29, 1.82) is 0 Å². The van der Waals surface area contributed by atoms with E-state index in [0.717, 1.165) is 6.54 Å². The van der Waals surface area contributed by atoms with E-state index in [0.29, 0.717) is 6.42 Å². The van der Waals surface area contributed by atoms with E-state index in [2.05, 4.69) is 19.2 Å². The molecule has 4 nitrogen and oxygen atoms in total. The SMILES string of the molecule is CC(C)N1C(=O)C(CCO)NCC1(C)C. The number of hydrogen-bond donors (Lipinski definition) is 2. The van der Waals surface area contributed by atoms with E-state index >= 15 is 0 Å². The number of rotatable bonds is 3. The van der Waals surface area contributed by atoms with E-state index in [9.17, 15) is 4.79 Å². The average molecular weight is 214 g/mol. The molecule has 4 heteroatoms. The third kappa shape index (κ3) is 2.49. The first kappa shape index (κ1) is 12.5. The molecular formula is C11H22N2O2. The van der Waals surface area contributed by atoms with Crippen molar-refractivity contribution in [1.82, 2.24) is 10.2 Å². The van der Waals surface area contributed by atoms with Crippen LogP contribution in [-0.4, -0.2) is 46.7 Å². The molecule has 0 saturated carbocycles. The van der Waals surface area contributed by atoms with Crippen molar-refractivity contribution in [3.8, 4) is 0 Å². The minimum absolute atomic E-state index is 0.0514. The Morgan fingerprint density at radius 2 is 2.20 bits per heavy atom. The Labute approximate surface area is 91.6 Å². The Morgan fingerprint density at radius 3 is 2.67 bits per heavy atom. The van der Waals surface area contributed by atoms with Gasteiger partial charge in [0.15, 0.2) is 0 Å². The maximum Gasteiger partial charge on any atom is 0.240 e. The third-order valence-electron chi connectivity index (χ3n) is 2.90. The first-order valence-corrected chi connectivity index (χ1v) is 5.57. The molecule has 1 atom stereocenters. The molecule has 1 amide bonds. The van der Waals surface area contributed by atoms with Crippen molar-refractivity contribution in [2.45, 2.75) is 51.7 Å². The summed E-state index contributed by atoms with van der Waals surface area (Å²) in [4.78, 5) is 14.0. The van der Waals surface area contributed by atoms with E-state index in [-0.39, 0.29) is 30.1 Å². The van der Waals surface area contributed by atoms with Crippen LogP contribution in [0.5, 0.6) is 0 Å². The highest BCUT2D eigenvalue weighted by molar-refractivity contribution is 5.83. The molecule has 0 spiro atoms. The number of aliphatic hydroxyl groups is 1. The molecule has 1 saturated heterocycles. The number of nitrogens with zero attached hydrogens (tertiary/aromatic N) is 1. The second-order valence-electron chi connectivity index (χ2n) is 5.06. The molecule has 2 N–H and O–H groups in total. The minimum atomic E-state index is -0.217. The lowest BCUT2D eigenvalue weighted by molar-refractivity contribution is -0.146. The smallest absolute Gasteiger partial charge is 0.240 e. The van der Waals surface area contributed by atoms with Gasteiger partial charge in [0.2, 0.25) is 5.91 Å². The highest BCUT2D eigenvalue weighted by atomic mass is 16.3. The minimum Gasteiger partial charge on any atom is -0.396 e. The van der Waals surface area contributed by atoms with Crippen LogP contribution in [0.2, 0.25) is 0 Å². The Kier molecular flexibility index (Phi) is 3.73. The molecule has 15 heavy (non-hydrogen) atoms. The fourth-order valence-corrected chi connectivity index (χ4v) is 2.32. The summed E-state index contributed by atoms with van der Waals surface area (Å²) in [7, 11) is 0. The summed E-state index contributed by atoms with van der Waals surface area (Å²) < 4.78 is 0. The van der Waals surface area contributed by atoms with Crippen LogP contribution >= 0.6 is 0 Å². The molecule has 1 aliphatic rings. The maximum absolute atomic E-state index is 12.1. The van der Waals surface area contributed by atoms with Crippen molar-refractivity contribution >= 4 is 5.91 Å². The molecule has 1 unspecified atom stereocenters. The summed E-state index contributed by atoms with van der Waals surface area (Å²) in [6.45, 7) is 9.01.